The molecule has 0 aromatic carbocycles. The Labute approximate surface area is 114 Å². The van der Waals surface area contributed by atoms with Gasteiger partial charge in [-0.2, -0.15) is 0 Å². The van der Waals surface area contributed by atoms with E-state index in [4.69, 9.17) is 14.2 Å². The molecule has 1 saturated heterocycles. The Morgan fingerprint density at radius 3 is 2.58 bits per heavy atom. The molecule has 0 aromatic rings. The number of hydrogen-bond donors (Lipinski definition) is 1. The summed E-state index contributed by atoms with van der Waals surface area (Å²) in [4.78, 5) is 11.9. The van der Waals surface area contributed by atoms with Gasteiger partial charge in [-0.25, -0.2) is 0 Å². The van der Waals surface area contributed by atoms with E-state index in [9.17, 15) is 9.90 Å². The molecular weight excluding hydrogens is 248 g/mol. The van der Waals surface area contributed by atoms with E-state index in [1.807, 2.05) is 0 Å². The van der Waals surface area contributed by atoms with Crippen molar-refractivity contribution in [1.82, 2.24) is 0 Å². The highest BCUT2D eigenvalue weighted by atomic mass is 16.6. The van der Waals surface area contributed by atoms with E-state index in [1.165, 1.54) is 0 Å². The van der Waals surface area contributed by atoms with E-state index in [-0.39, 0.29) is 18.7 Å². The Balaban J connectivity index is 1.76. The van der Waals surface area contributed by atoms with Crippen LogP contribution in [0.2, 0.25) is 0 Å². The van der Waals surface area contributed by atoms with Crippen molar-refractivity contribution < 1.29 is 24.1 Å². The van der Waals surface area contributed by atoms with Crippen LogP contribution in [0.25, 0.3) is 0 Å². The van der Waals surface area contributed by atoms with Gasteiger partial charge in [-0.1, -0.05) is 6.42 Å². The van der Waals surface area contributed by atoms with Crippen LogP contribution in [0.15, 0.2) is 0 Å². The highest BCUT2D eigenvalue weighted by Crippen LogP contribution is 2.31. The molecular formula is C14H24O5. The Hall–Kier alpha value is -0.650. The van der Waals surface area contributed by atoms with Crippen LogP contribution >= 0.6 is 0 Å². The summed E-state index contributed by atoms with van der Waals surface area (Å²) in [6.07, 6.45) is 4.45. The molecule has 1 aliphatic heterocycles. The second-order valence-electron chi connectivity index (χ2n) is 6.23. The Bertz CT molecular complexity index is 316. The molecule has 0 spiro atoms. The first-order chi connectivity index (χ1) is 8.91. The molecule has 2 fully saturated rings. The molecule has 1 heterocycles. The second kappa shape index (κ2) is 5.77. The van der Waals surface area contributed by atoms with Gasteiger partial charge in [0.1, 0.15) is 12.7 Å². The number of carbonyl (C=O) groups excluding carboxylic acids is 1. The minimum Gasteiger partial charge on any atom is -0.462 e. The topological polar surface area (TPSA) is 68.3 Å². The minimum absolute atomic E-state index is 0.0724. The highest BCUT2D eigenvalue weighted by Gasteiger charge is 2.37. The number of hydrogen-bond acceptors (Lipinski definition) is 5. The van der Waals surface area contributed by atoms with E-state index in [0.29, 0.717) is 26.1 Å². The maximum Gasteiger partial charge on any atom is 0.313 e. The van der Waals surface area contributed by atoms with Crippen molar-refractivity contribution in [1.29, 1.82) is 0 Å². The second-order valence-corrected chi connectivity index (χ2v) is 6.23. The molecule has 2 aliphatic rings. The van der Waals surface area contributed by atoms with Gasteiger partial charge in [-0.15, -0.1) is 0 Å². The largest absolute Gasteiger partial charge is 0.462 e. The molecule has 0 aromatic heterocycles. The number of epoxide rings is 1. The van der Waals surface area contributed by atoms with E-state index >= 15 is 0 Å². The van der Waals surface area contributed by atoms with Gasteiger partial charge in [0, 0.05) is 12.8 Å². The van der Waals surface area contributed by atoms with Crippen LogP contribution in [0.1, 0.15) is 46.0 Å². The van der Waals surface area contributed by atoms with Gasteiger partial charge in [0.25, 0.3) is 0 Å². The van der Waals surface area contributed by atoms with Gasteiger partial charge in [0.15, 0.2) is 5.79 Å². The summed E-state index contributed by atoms with van der Waals surface area (Å²) >= 11 is 0. The molecule has 1 unspecified atom stereocenters. The van der Waals surface area contributed by atoms with E-state index in [0.717, 1.165) is 19.3 Å². The normalized spacial score (nSPS) is 25.9. The van der Waals surface area contributed by atoms with Crippen molar-refractivity contribution >= 4 is 5.97 Å². The molecule has 5 heteroatoms. The van der Waals surface area contributed by atoms with Gasteiger partial charge < -0.3 is 19.3 Å². The zero-order valence-electron chi connectivity index (χ0n) is 11.8. The fourth-order valence-electron chi connectivity index (χ4n) is 2.15. The molecule has 0 amide bonds. The summed E-state index contributed by atoms with van der Waals surface area (Å²) in [5, 5.41) is 10.3. The monoisotopic (exact) mass is 272 g/mol. The van der Waals surface area contributed by atoms with Crippen LogP contribution in [0.5, 0.6) is 0 Å². The molecule has 2 rings (SSSR count). The minimum atomic E-state index is -1.06. The molecule has 5 nitrogen and oxygen atoms in total. The molecule has 1 saturated carbocycles. The van der Waals surface area contributed by atoms with E-state index in [2.05, 4.69) is 0 Å². The molecule has 1 aliphatic carbocycles. The SMILES string of the molecule is CC(C)(COC1(O)CCCCC1)C(=O)OCC1CO1. The van der Waals surface area contributed by atoms with E-state index in [1.54, 1.807) is 13.8 Å². The lowest BCUT2D eigenvalue weighted by atomic mass is 9.92. The molecule has 19 heavy (non-hydrogen) atoms. The van der Waals surface area contributed by atoms with Crippen molar-refractivity contribution in [2.45, 2.75) is 57.8 Å². The third-order valence-electron chi connectivity index (χ3n) is 3.69. The Kier molecular flexibility index (Phi) is 4.48. The number of esters is 1. The smallest absolute Gasteiger partial charge is 0.313 e. The van der Waals surface area contributed by atoms with Crippen LogP contribution in [0.3, 0.4) is 0 Å². The molecule has 0 bridgehead atoms. The first-order valence-electron chi connectivity index (χ1n) is 7.06. The number of rotatable bonds is 6. The van der Waals surface area contributed by atoms with Gasteiger partial charge >= 0.3 is 5.97 Å². The summed E-state index contributed by atoms with van der Waals surface area (Å²) < 4.78 is 15.8. The predicted octanol–water partition coefficient (Wildman–Crippen LogP) is 1.62. The molecule has 1 N–H and O–H groups in total. The Morgan fingerprint density at radius 2 is 2.00 bits per heavy atom. The number of aliphatic hydroxyl groups is 1. The van der Waals surface area contributed by atoms with Crippen LogP contribution in [0.4, 0.5) is 0 Å². The summed E-state index contributed by atoms with van der Waals surface area (Å²) in [5.74, 6) is -1.36. The average Bonchev–Trinajstić information content (AvgIpc) is 3.19. The van der Waals surface area contributed by atoms with Crippen molar-refractivity contribution in [2.24, 2.45) is 5.41 Å². The summed E-state index contributed by atoms with van der Waals surface area (Å²) in [5.41, 5.74) is -0.748. The van der Waals surface area contributed by atoms with Gasteiger partial charge in [-0.05, 0) is 26.7 Å². The zero-order chi connectivity index (χ0) is 13.9. The van der Waals surface area contributed by atoms with Crippen LogP contribution < -0.4 is 0 Å². The average molecular weight is 272 g/mol. The number of ether oxygens (including phenoxy) is 3. The summed E-state index contributed by atoms with van der Waals surface area (Å²) in [6, 6.07) is 0. The zero-order valence-corrected chi connectivity index (χ0v) is 11.8. The van der Waals surface area contributed by atoms with E-state index < -0.39 is 11.2 Å². The highest BCUT2D eigenvalue weighted by molar-refractivity contribution is 5.76. The quantitative estimate of drug-likeness (QED) is 0.452. The first-order valence-corrected chi connectivity index (χ1v) is 7.06. The summed E-state index contributed by atoms with van der Waals surface area (Å²) in [6.45, 7) is 4.70. The fraction of sp³-hybridized carbons (Fsp3) is 0.929. The fourth-order valence-corrected chi connectivity index (χ4v) is 2.15. The third kappa shape index (κ3) is 4.44. The lowest BCUT2D eigenvalue weighted by Crippen LogP contribution is -2.41. The van der Waals surface area contributed by atoms with Crippen molar-refractivity contribution in [3.05, 3.63) is 0 Å². The lowest BCUT2D eigenvalue weighted by molar-refractivity contribution is -0.234. The Morgan fingerprint density at radius 1 is 1.37 bits per heavy atom. The molecule has 110 valence electrons. The van der Waals surface area contributed by atoms with Crippen molar-refractivity contribution in [3.8, 4) is 0 Å². The third-order valence-corrected chi connectivity index (χ3v) is 3.69. The van der Waals surface area contributed by atoms with Gasteiger partial charge in [0.2, 0.25) is 0 Å². The van der Waals surface area contributed by atoms with Crippen LogP contribution in [0, 0.1) is 5.41 Å². The summed E-state index contributed by atoms with van der Waals surface area (Å²) in [7, 11) is 0. The lowest BCUT2D eigenvalue weighted by Gasteiger charge is -2.34. The van der Waals surface area contributed by atoms with Gasteiger partial charge in [0.05, 0.1) is 18.6 Å². The first kappa shape index (κ1) is 14.8. The molecule has 1 atom stereocenters. The van der Waals surface area contributed by atoms with Crippen molar-refractivity contribution in [2.75, 3.05) is 19.8 Å². The standard InChI is InChI=1S/C14H24O5/c1-13(2,12(15)18-9-11-8-17-11)10-19-14(16)6-4-3-5-7-14/h11,16H,3-10H2,1-2H3. The van der Waals surface area contributed by atoms with Crippen LogP contribution in [-0.4, -0.2) is 42.8 Å². The van der Waals surface area contributed by atoms with Crippen LogP contribution in [-0.2, 0) is 19.0 Å². The van der Waals surface area contributed by atoms with Gasteiger partial charge in [-0.3, -0.25) is 4.79 Å². The number of carbonyl (C=O) groups is 1. The predicted molar refractivity (Wildman–Crippen MR) is 68.5 cm³/mol. The maximum atomic E-state index is 11.9. The van der Waals surface area contributed by atoms with Crippen molar-refractivity contribution in [3.63, 3.8) is 0 Å². The maximum absolute atomic E-state index is 11.9. The molecule has 0 radical (unpaired) electrons.